The van der Waals surface area contributed by atoms with Crippen LogP contribution in [0, 0.1) is 5.41 Å². The number of nitrogens with one attached hydrogen (secondary N) is 1. The molecule has 0 aliphatic heterocycles. The van der Waals surface area contributed by atoms with E-state index in [9.17, 15) is 5.41 Å². The average molecular weight is 515 g/mol. The molecule has 1 unspecified atom stereocenters. The SMILES string of the molecule is N=C(c1cc(-c2ccccc2)c(-c2ccccc2)c(-c2ccccc2)c1-c1ccccc1)C(N)c1ccccc1. The van der Waals surface area contributed by atoms with Gasteiger partial charge in [0.2, 0.25) is 0 Å². The lowest BCUT2D eigenvalue weighted by atomic mass is 9.78. The number of benzene rings is 6. The fourth-order valence-electron chi connectivity index (χ4n) is 5.44. The van der Waals surface area contributed by atoms with E-state index in [1.807, 2.05) is 48.5 Å². The van der Waals surface area contributed by atoms with E-state index in [2.05, 4.69) is 109 Å². The van der Waals surface area contributed by atoms with Gasteiger partial charge in [-0.25, -0.2) is 0 Å². The Morgan fingerprint density at radius 1 is 0.450 bits per heavy atom. The van der Waals surface area contributed by atoms with E-state index in [-0.39, 0.29) is 0 Å². The first-order valence-corrected chi connectivity index (χ1v) is 13.5. The van der Waals surface area contributed by atoms with Gasteiger partial charge in [0.15, 0.2) is 0 Å². The minimum absolute atomic E-state index is 0.388. The van der Waals surface area contributed by atoms with Gasteiger partial charge in [0.25, 0.3) is 0 Å². The van der Waals surface area contributed by atoms with Crippen LogP contribution < -0.4 is 5.73 Å². The van der Waals surface area contributed by atoms with E-state index in [0.29, 0.717) is 5.71 Å². The van der Waals surface area contributed by atoms with Crippen molar-refractivity contribution in [2.24, 2.45) is 5.73 Å². The van der Waals surface area contributed by atoms with E-state index in [4.69, 9.17) is 5.73 Å². The van der Waals surface area contributed by atoms with Gasteiger partial charge in [-0.3, -0.25) is 0 Å². The number of hydrogen-bond donors (Lipinski definition) is 2. The Morgan fingerprint density at radius 2 is 0.825 bits per heavy atom. The summed E-state index contributed by atoms with van der Waals surface area (Å²) in [6.45, 7) is 0. The average Bonchev–Trinajstić information content (AvgIpc) is 3.05. The molecule has 6 aromatic carbocycles. The lowest BCUT2D eigenvalue weighted by molar-refractivity contribution is 0.952. The van der Waals surface area contributed by atoms with Crippen LogP contribution >= 0.6 is 0 Å². The van der Waals surface area contributed by atoms with E-state index in [1.165, 1.54) is 0 Å². The van der Waals surface area contributed by atoms with E-state index in [1.54, 1.807) is 0 Å². The highest BCUT2D eigenvalue weighted by Crippen LogP contribution is 2.48. The maximum atomic E-state index is 9.53. The summed E-state index contributed by atoms with van der Waals surface area (Å²) >= 11 is 0. The smallest absolute Gasteiger partial charge is 0.0725 e. The van der Waals surface area contributed by atoms with Crippen molar-refractivity contribution in [2.45, 2.75) is 6.04 Å². The molecule has 0 radical (unpaired) electrons. The molecule has 2 nitrogen and oxygen atoms in total. The van der Waals surface area contributed by atoms with Crippen LogP contribution in [0.15, 0.2) is 158 Å². The summed E-state index contributed by atoms with van der Waals surface area (Å²) in [6.07, 6.45) is 0. The molecule has 40 heavy (non-hydrogen) atoms. The zero-order valence-electron chi connectivity index (χ0n) is 22.2. The number of hydrogen-bond acceptors (Lipinski definition) is 2. The predicted molar refractivity (Wildman–Crippen MR) is 168 cm³/mol. The first-order chi connectivity index (χ1) is 19.7. The van der Waals surface area contributed by atoms with Crippen LogP contribution in [0.25, 0.3) is 44.5 Å². The summed E-state index contributed by atoms with van der Waals surface area (Å²) in [5.41, 5.74) is 17.7. The molecule has 0 aliphatic carbocycles. The minimum Gasteiger partial charge on any atom is -0.319 e. The lowest BCUT2D eigenvalue weighted by Gasteiger charge is -2.26. The summed E-state index contributed by atoms with van der Waals surface area (Å²) in [5.74, 6) is 0. The fraction of sp³-hybridized carbons (Fsp3) is 0.0263. The zero-order valence-corrected chi connectivity index (χ0v) is 22.2. The lowest BCUT2D eigenvalue weighted by Crippen LogP contribution is -2.22. The molecule has 6 aromatic rings. The molecule has 0 spiro atoms. The van der Waals surface area contributed by atoms with Crippen molar-refractivity contribution in [1.29, 1.82) is 5.41 Å². The second-order valence-electron chi connectivity index (χ2n) is 9.86. The first kappa shape index (κ1) is 25.2. The highest BCUT2D eigenvalue weighted by molar-refractivity contribution is 6.14. The third kappa shape index (κ3) is 4.89. The molecule has 0 bridgehead atoms. The monoisotopic (exact) mass is 514 g/mol. The van der Waals surface area contributed by atoms with Crippen LogP contribution in [-0.4, -0.2) is 5.71 Å². The maximum Gasteiger partial charge on any atom is 0.0725 e. The summed E-state index contributed by atoms with van der Waals surface area (Å²) < 4.78 is 0. The molecule has 0 saturated carbocycles. The summed E-state index contributed by atoms with van der Waals surface area (Å²) in [4.78, 5) is 0. The van der Waals surface area contributed by atoms with Crippen LogP contribution in [0.1, 0.15) is 17.2 Å². The van der Waals surface area contributed by atoms with Gasteiger partial charge in [-0.05, 0) is 56.1 Å². The third-order valence-corrected chi connectivity index (χ3v) is 7.36. The van der Waals surface area contributed by atoms with Gasteiger partial charge in [-0.15, -0.1) is 0 Å². The van der Waals surface area contributed by atoms with Crippen molar-refractivity contribution in [3.05, 3.63) is 169 Å². The highest BCUT2D eigenvalue weighted by atomic mass is 14.7. The molecule has 3 N–H and O–H groups in total. The van der Waals surface area contributed by atoms with Gasteiger partial charge in [0, 0.05) is 5.56 Å². The van der Waals surface area contributed by atoms with Crippen LogP contribution in [0.3, 0.4) is 0 Å². The standard InChI is InChI=1S/C38H30N2/c39-37(31-24-14-5-15-25-31)38(40)33-26-32(27-16-6-1-7-17-27)34(28-18-8-2-9-19-28)36(30-22-12-4-13-23-30)35(33)29-20-10-3-11-21-29/h1-26,37,40H,39H2. The van der Waals surface area contributed by atoms with Gasteiger partial charge in [-0.2, -0.15) is 0 Å². The molecule has 0 fully saturated rings. The quantitative estimate of drug-likeness (QED) is 0.205. The molecule has 0 heterocycles. The Bertz CT molecular complexity index is 1730. The largest absolute Gasteiger partial charge is 0.319 e. The van der Waals surface area contributed by atoms with Crippen LogP contribution in [0.5, 0.6) is 0 Å². The van der Waals surface area contributed by atoms with Gasteiger partial charge in [-0.1, -0.05) is 152 Å². The summed E-state index contributed by atoms with van der Waals surface area (Å²) in [6, 6.07) is 53.5. The first-order valence-electron chi connectivity index (χ1n) is 13.5. The van der Waals surface area contributed by atoms with Crippen molar-refractivity contribution in [3.8, 4) is 44.5 Å². The Hall–Kier alpha value is -5.05. The zero-order chi connectivity index (χ0) is 27.3. The number of rotatable bonds is 7. The topological polar surface area (TPSA) is 49.9 Å². The highest BCUT2D eigenvalue weighted by Gasteiger charge is 2.26. The fourth-order valence-corrected chi connectivity index (χ4v) is 5.44. The van der Waals surface area contributed by atoms with E-state index < -0.39 is 6.04 Å². The Balaban J connectivity index is 1.77. The van der Waals surface area contributed by atoms with Crippen molar-refractivity contribution in [3.63, 3.8) is 0 Å². The van der Waals surface area contributed by atoms with Crippen LogP contribution in [0.4, 0.5) is 0 Å². The minimum atomic E-state index is -0.571. The molecule has 6 rings (SSSR count). The van der Waals surface area contributed by atoms with Gasteiger partial charge >= 0.3 is 0 Å². The number of nitrogens with two attached hydrogens (primary N) is 1. The molecular weight excluding hydrogens is 484 g/mol. The summed E-state index contributed by atoms with van der Waals surface area (Å²) in [7, 11) is 0. The van der Waals surface area contributed by atoms with Crippen molar-refractivity contribution in [2.75, 3.05) is 0 Å². The molecule has 192 valence electrons. The van der Waals surface area contributed by atoms with Gasteiger partial charge in [0.1, 0.15) is 0 Å². The molecule has 2 heteroatoms. The Kier molecular flexibility index (Phi) is 7.17. The second kappa shape index (κ2) is 11.4. The Morgan fingerprint density at radius 3 is 1.30 bits per heavy atom. The molecular formula is C38H30N2. The Labute approximate surface area is 235 Å². The van der Waals surface area contributed by atoms with Gasteiger partial charge < -0.3 is 11.1 Å². The molecule has 0 amide bonds. The molecule has 0 saturated heterocycles. The van der Waals surface area contributed by atoms with Gasteiger partial charge in [0.05, 0.1) is 11.8 Å². The second-order valence-corrected chi connectivity index (χ2v) is 9.86. The molecule has 0 aromatic heterocycles. The normalized spacial score (nSPS) is 11.6. The molecule has 1 atom stereocenters. The predicted octanol–water partition coefficient (Wildman–Crippen LogP) is 9.42. The van der Waals surface area contributed by atoms with E-state index >= 15 is 0 Å². The van der Waals surface area contributed by atoms with Crippen LogP contribution in [0.2, 0.25) is 0 Å². The molecule has 0 aliphatic rings. The summed E-state index contributed by atoms with van der Waals surface area (Å²) in [5, 5.41) is 9.53. The maximum absolute atomic E-state index is 9.53. The van der Waals surface area contributed by atoms with Crippen molar-refractivity contribution < 1.29 is 0 Å². The van der Waals surface area contributed by atoms with Crippen molar-refractivity contribution in [1.82, 2.24) is 0 Å². The third-order valence-electron chi connectivity index (χ3n) is 7.36. The van der Waals surface area contributed by atoms with Crippen LogP contribution in [-0.2, 0) is 0 Å². The van der Waals surface area contributed by atoms with Crippen molar-refractivity contribution >= 4 is 5.71 Å². The van der Waals surface area contributed by atoms with E-state index in [0.717, 1.165) is 55.6 Å².